The predicted octanol–water partition coefficient (Wildman–Crippen LogP) is 1.15. The van der Waals surface area contributed by atoms with Gasteiger partial charge in [0.05, 0.1) is 18.8 Å². The molecular weight excluding hydrogens is 268 g/mol. The van der Waals surface area contributed by atoms with Crippen LogP contribution in [-0.4, -0.2) is 59.9 Å². The zero-order chi connectivity index (χ0) is 15.4. The minimum Gasteiger partial charge on any atom is -0.389 e. The van der Waals surface area contributed by atoms with Gasteiger partial charge in [0.15, 0.2) is 0 Å². The number of likely N-dealkylation sites (tertiary alicyclic amines) is 1. The van der Waals surface area contributed by atoms with Crippen molar-refractivity contribution in [3.63, 3.8) is 0 Å². The van der Waals surface area contributed by atoms with E-state index in [-0.39, 0.29) is 18.5 Å². The van der Waals surface area contributed by atoms with Crippen molar-refractivity contribution < 1.29 is 14.6 Å². The number of amides is 1. The van der Waals surface area contributed by atoms with Gasteiger partial charge in [-0.25, -0.2) is 0 Å². The largest absolute Gasteiger partial charge is 0.389 e. The van der Waals surface area contributed by atoms with Crippen molar-refractivity contribution in [2.45, 2.75) is 70.7 Å². The summed E-state index contributed by atoms with van der Waals surface area (Å²) in [6.07, 6.45) is 4.17. The Labute approximate surface area is 128 Å². The molecule has 2 aliphatic rings. The van der Waals surface area contributed by atoms with Crippen molar-refractivity contribution >= 4 is 5.91 Å². The second-order valence-electron chi connectivity index (χ2n) is 6.78. The van der Waals surface area contributed by atoms with Gasteiger partial charge in [0.2, 0.25) is 5.91 Å². The molecule has 1 aliphatic carbocycles. The van der Waals surface area contributed by atoms with E-state index in [2.05, 4.69) is 24.1 Å². The first kappa shape index (κ1) is 16.7. The number of hydrogen-bond donors (Lipinski definition) is 2. The third-order valence-corrected chi connectivity index (χ3v) is 4.72. The second-order valence-corrected chi connectivity index (χ2v) is 6.78. The molecule has 122 valence electrons. The predicted molar refractivity (Wildman–Crippen MR) is 82.0 cm³/mol. The molecule has 0 spiro atoms. The van der Waals surface area contributed by atoms with Crippen LogP contribution < -0.4 is 5.32 Å². The van der Waals surface area contributed by atoms with Crippen molar-refractivity contribution in [1.29, 1.82) is 0 Å². The summed E-state index contributed by atoms with van der Waals surface area (Å²) in [6, 6.07) is 0.761. The van der Waals surface area contributed by atoms with Crippen molar-refractivity contribution in [2.75, 3.05) is 19.8 Å². The molecule has 4 atom stereocenters. The molecule has 21 heavy (non-hydrogen) atoms. The normalized spacial score (nSPS) is 29.3. The van der Waals surface area contributed by atoms with Crippen LogP contribution in [-0.2, 0) is 9.53 Å². The molecule has 0 aromatic rings. The molecule has 2 rings (SSSR count). The van der Waals surface area contributed by atoms with E-state index in [4.69, 9.17) is 4.74 Å². The van der Waals surface area contributed by atoms with E-state index < -0.39 is 6.10 Å². The lowest BCUT2D eigenvalue weighted by molar-refractivity contribution is -0.127. The number of hydrogen-bond acceptors (Lipinski definition) is 4. The first-order valence-electron chi connectivity index (χ1n) is 8.30. The van der Waals surface area contributed by atoms with E-state index in [1.807, 2.05) is 6.92 Å². The van der Waals surface area contributed by atoms with Gasteiger partial charge >= 0.3 is 0 Å². The average molecular weight is 298 g/mol. The van der Waals surface area contributed by atoms with E-state index in [0.29, 0.717) is 24.6 Å². The van der Waals surface area contributed by atoms with Crippen LogP contribution in [0.4, 0.5) is 0 Å². The van der Waals surface area contributed by atoms with E-state index in [1.54, 1.807) is 0 Å². The fourth-order valence-electron chi connectivity index (χ4n) is 3.19. The molecule has 1 saturated carbocycles. The maximum absolute atomic E-state index is 12.2. The number of aliphatic hydroxyl groups excluding tert-OH is 1. The van der Waals surface area contributed by atoms with Crippen LogP contribution >= 0.6 is 0 Å². The van der Waals surface area contributed by atoms with Crippen LogP contribution in [0.3, 0.4) is 0 Å². The molecule has 1 saturated heterocycles. The quantitative estimate of drug-likeness (QED) is 0.706. The number of nitrogens with zero attached hydrogens (tertiary/aromatic N) is 1. The summed E-state index contributed by atoms with van der Waals surface area (Å²) in [6.45, 7) is 7.61. The number of carbonyl (C=O) groups is 1. The smallest absolute Gasteiger partial charge is 0.237 e. The minimum absolute atomic E-state index is 0.00292. The lowest BCUT2D eigenvalue weighted by atomic mass is 10.2. The second kappa shape index (κ2) is 7.56. The maximum atomic E-state index is 12.2. The molecule has 5 nitrogen and oxygen atoms in total. The van der Waals surface area contributed by atoms with E-state index in [1.165, 1.54) is 12.8 Å². The van der Waals surface area contributed by atoms with Crippen molar-refractivity contribution in [1.82, 2.24) is 10.2 Å². The van der Waals surface area contributed by atoms with Crippen LogP contribution in [0.5, 0.6) is 0 Å². The monoisotopic (exact) mass is 298 g/mol. The Bertz CT molecular complexity index is 336. The van der Waals surface area contributed by atoms with Crippen molar-refractivity contribution in [3.8, 4) is 0 Å². The Hall–Kier alpha value is -0.650. The highest BCUT2D eigenvalue weighted by molar-refractivity contribution is 5.81. The fourth-order valence-corrected chi connectivity index (χ4v) is 3.19. The molecule has 0 aromatic carbocycles. The minimum atomic E-state index is -0.617. The van der Waals surface area contributed by atoms with Gasteiger partial charge < -0.3 is 15.2 Å². The summed E-state index contributed by atoms with van der Waals surface area (Å²) in [7, 11) is 0. The van der Waals surface area contributed by atoms with E-state index >= 15 is 0 Å². The summed E-state index contributed by atoms with van der Waals surface area (Å²) < 4.78 is 5.43. The van der Waals surface area contributed by atoms with E-state index in [0.717, 1.165) is 19.4 Å². The standard InChI is InChI=1S/C16H30N2O3/c1-11-4-5-12(2)18(11)13(3)16(20)17-8-15(19)10-21-9-14-6-7-14/h11-15,19H,4-10H2,1-3H3,(H,17,20). The molecule has 0 aromatic heterocycles. The van der Waals surface area contributed by atoms with Gasteiger partial charge in [0, 0.05) is 25.2 Å². The highest BCUT2D eigenvalue weighted by Gasteiger charge is 2.34. The first-order valence-corrected chi connectivity index (χ1v) is 8.30. The summed E-state index contributed by atoms with van der Waals surface area (Å²) in [5, 5.41) is 12.7. The van der Waals surface area contributed by atoms with Gasteiger partial charge in [-0.3, -0.25) is 9.69 Å². The van der Waals surface area contributed by atoms with Crippen LogP contribution in [0.15, 0.2) is 0 Å². The van der Waals surface area contributed by atoms with Gasteiger partial charge in [0.25, 0.3) is 0 Å². The third-order valence-electron chi connectivity index (χ3n) is 4.72. The molecule has 0 bridgehead atoms. The Morgan fingerprint density at radius 3 is 2.48 bits per heavy atom. The molecule has 5 heteroatoms. The zero-order valence-corrected chi connectivity index (χ0v) is 13.5. The van der Waals surface area contributed by atoms with Gasteiger partial charge in [0.1, 0.15) is 0 Å². The van der Waals surface area contributed by atoms with Crippen LogP contribution in [0, 0.1) is 5.92 Å². The number of ether oxygens (including phenoxy) is 1. The highest BCUT2D eigenvalue weighted by atomic mass is 16.5. The lowest BCUT2D eigenvalue weighted by Crippen LogP contribution is -2.50. The SMILES string of the molecule is CC1CCC(C)N1C(C)C(=O)NCC(O)COCC1CC1. The van der Waals surface area contributed by atoms with Gasteiger partial charge in [-0.15, -0.1) is 0 Å². The summed E-state index contributed by atoms with van der Waals surface area (Å²) in [5.74, 6) is 0.696. The van der Waals surface area contributed by atoms with Crippen LogP contribution in [0.2, 0.25) is 0 Å². The lowest BCUT2D eigenvalue weighted by Gasteiger charge is -2.31. The summed E-state index contributed by atoms with van der Waals surface area (Å²) in [5.41, 5.74) is 0. The molecule has 0 radical (unpaired) electrons. The first-order chi connectivity index (χ1) is 9.99. The molecule has 1 heterocycles. The number of rotatable bonds is 8. The molecule has 2 N–H and O–H groups in total. The van der Waals surface area contributed by atoms with Gasteiger partial charge in [-0.05, 0) is 52.4 Å². The maximum Gasteiger partial charge on any atom is 0.237 e. The molecule has 4 unspecified atom stereocenters. The van der Waals surface area contributed by atoms with Gasteiger partial charge in [-0.2, -0.15) is 0 Å². The van der Waals surface area contributed by atoms with Crippen LogP contribution in [0.25, 0.3) is 0 Å². The fraction of sp³-hybridized carbons (Fsp3) is 0.938. The molecular formula is C16H30N2O3. The summed E-state index contributed by atoms with van der Waals surface area (Å²) >= 11 is 0. The Balaban J connectivity index is 1.65. The Morgan fingerprint density at radius 2 is 1.90 bits per heavy atom. The zero-order valence-electron chi connectivity index (χ0n) is 13.5. The molecule has 2 fully saturated rings. The average Bonchev–Trinajstić information content (AvgIpc) is 3.21. The Morgan fingerprint density at radius 1 is 1.29 bits per heavy atom. The summed E-state index contributed by atoms with van der Waals surface area (Å²) in [4.78, 5) is 14.5. The molecule has 1 amide bonds. The Kier molecular flexibility index (Phi) is 6.02. The molecule has 1 aliphatic heterocycles. The third kappa shape index (κ3) is 4.94. The van der Waals surface area contributed by atoms with Crippen LogP contribution in [0.1, 0.15) is 46.5 Å². The topological polar surface area (TPSA) is 61.8 Å². The van der Waals surface area contributed by atoms with Gasteiger partial charge in [-0.1, -0.05) is 0 Å². The van der Waals surface area contributed by atoms with Crippen molar-refractivity contribution in [2.24, 2.45) is 5.92 Å². The number of aliphatic hydroxyl groups is 1. The number of nitrogens with one attached hydrogen (secondary N) is 1. The number of carbonyl (C=O) groups excluding carboxylic acids is 1. The van der Waals surface area contributed by atoms with E-state index in [9.17, 15) is 9.90 Å². The highest BCUT2D eigenvalue weighted by Crippen LogP contribution is 2.28. The van der Waals surface area contributed by atoms with Crippen molar-refractivity contribution in [3.05, 3.63) is 0 Å².